The summed E-state index contributed by atoms with van der Waals surface area (Å²) in [5, 5.41) is 11.3. The number of pyridine rings is 1. The van der Waals surface area contributed by atoms with E-state index in [1.165, 1.54) is 24.4 Å². The van der Waals surface area contributed by atoms with E-state index in [0.29, 0.717) is 5.56 Å². The minimum Gasteiger partial charge on any atom is -0.433 e. The molecule has 0 saturated carbocycles. The molecule has 0 aliphatic heterocycles. The number of nitro groups is 1. The number of ether oxygens (including phenoxy) is 1. The average Bonchev–Trinajstić information content (AvgIpc) is 2.56. The maximum absolute atomic E-state index is 12.4. The van der Waals surface area contributed by atoms with Crippen molar-refractivity contribution in [2.24, 2.45) is 5.73 Å². The van der Waals surface area contributed by atoms with E-state index in [2.05, 4.69) is 4.98 Å². The topological polar surface area (TPSA) is 130 Å². The zero-order valence-electron chi connectivity index (χ0n) is 13.0. The highest BCUT2D eigenvalue weighted by Crippen LogP contribution is 2.29. The molecule has 0 aliphatic rings. The molecule has 1 aromatic carbocycles. The van der Waals surface area contributed by atoms with Crippen LogP contribution in [0.2, 0.25) is 0 Å². The number of benzene rings is 1. The third kappa shape index (κ3) is 2.90. The highest BCUT2D eigenvalue weighted by Gasteiger charge is 2.26. The van der Waals surface area contributed by atoms with Crippen molar-refractivity contribution in [3.8, 4) is 11.6 Å². The van der Waals surface area contributed by atoms with Crippen LogP contribution in [0.15, 0.2) is 47.4 Å². The Hall–Kier alpha value is -3.75. The molecule has 2 aromatic heterocycles. The van der Waals surface area contributed by atoms with Crippen molar-refractivity contribution in [2.75, 3.05) is 0 Å². The fourth-order valence-electron chi connectivity index (χ4n) is 2.25. The number of hydrogen-bond acceptors (Lipinski definition) is 6. The van der Waals surface area contributed by atoms with E-state index in [4.69, 9.17) is 10.5 Å². The Kier molecular flexibility index (Phi) is 3.89. The SMILES string of the molecule is Cc1ccc(C(N)=O)cc1Oc1nc2ccccn2c(=O)c1[N+](=O)[O-]. The van der Waals surface area contributed by atoms with Crippen molar-refractivity contribution in [2.45, 2.75) is 6.92 Å². The van der Waals surface area contributed by atoms with Gasteiger partial charge in [0.1, 0.15) is 11.4 Å². The first-order chi connectivity index (χ1) is 11.9. The minimum absolute atomic E-state index is 0.145. The number of primary amides is 1. The van der Waals surface area contributed by atoms with E-state index in [0.717, 1.165) is 4.40 Å². The quantitative estimate of drug-likeness (QED) is 0.569. The molecule has 0 spiro atoms. The molecule has 0 unspecified atom stereocenters. The van der Waals surface area contributed by atoms with Gasteiger partial charge in [-0.05, 0) is 36.8 Å². The number of carbonyl (C=O) groups excluding carboxylic acids is 1. The van der Waals surface area contributed by atoms with E-state index >= 15 is 0 Å². The molecule has 3 rings (SSSR count). The summed E-state index contributed by atoms with van der Waals surface area (Å²) in [4.78, 5) is 38.2. The Morgan fingerprint density at radius 1 is 1.32 bits per heavy atom. The zero-order chi connectivity index (χ0) is 18.1. The van der Waals surface area contributed by atoms with Gasteiger partial charge in [-0.25, -0.2) is 0 Å². The van der Waals surface area contributed by atoms with Crippen LogP contribution in [0.4, 0.5) is 5.69 Å². The van der Waals surface area contributed by atoms with Crippen molar-refractivity contribution in [1.82, 2.24) is 9.38 Å². The first-order valence-electron chi connectivity index (χ1n) is 7.12. The minimum atomic E-state index is -0.866. The number of amides is 1. The maximum atomic E-state index is 12.4. The highest BCUT2D eigenvalue weighted by atomic mass is 16.6. The van der Waals surface area contributed by atoms with Gasteiger partial charge in [0.2, 0.25) is 5.91 Å². The first-order valence-corrected chi connectivity index (χ1v) is 7.12. The van der Waals surface area contributed by atoms with Crippen molar-refractivity contribution >= 4 is 17.2 Å². The molecule has 9 nitrogen and oxygen atoms in total. The maximum Gasteiger partial charge on any atom is 0.396 e. The predicted octanol–water partition coefficient (Wildman–Crippen LogP) is 1.80. The van der Waals surface area contributed by atoms with Crippen LogP contribution in [-0.2, 0) is 0 Å². The van der Waals surface area contributed by atoms with Gasteiger partial charge in [0, 0.05) is 11.8 Å². The number of rotatable bonds is 4. The molecule has 0 saturated heterocycles. The van der Waals surface area contributed by atoms with Gasteiger partial charge in [-0.2, -0.15) is 4.98 Å². The molecule has 0 atom stereocenters. The molecule has 3 aromatic rings. The Labute approximate surface area is 140 Å². The van der Waals surface area contributed by atoms with Crippen molar-refractivity contribution in [3.05, 3.63) is 74.2 Å². The highest BCUT2D eigenvalue weighted by molar-refractivity contribution is 5.93. The summed E-state index contributed by atoms with van der Waals surface area (Å²) in [6, 6.07) is 9.13. The van der Waals surface area contributed by atoms with Gasteiger partial charge < -0.3 is 10.5 Å². The lowest BCUT2D eigenvalue weighted by molar-refractivity contribution is -0.387. The molecule has 0 bridgehead atoms. The molecule has 1 amide bonds. The number of hydrogen-bond donors (Lipinski definition) is 1. The fraction of sp³-hybridized carbons (Fsp3) is 0.0625. The Balaban J connectivity index is 2.21. The van der Waals surface area contributed by atoms with Crippen LogP contribution in [0.3, 0.4) is 0 Å². The van der Waals surface area contributed by atoms with Gasteiger partial charge in [0.05, 0.1) is 4.92 Å². The Morgan fingerprint density at radius 2 is 2.08 bits per heavy atom. The number of nitrogens with zero attached hydrogens (tertiary/aromatic N) is 3. The normalized spacial score (nSPS) is 10.6. The van der Waals surface area contributed by atoms with Gasteiger partial charge in [-0.1, -0.05) is 12.1 Å². The third-order valence-corrected chi connectivity index (χ3v) is 3.54. The van der Waals surface area contributed by atoms with Crippen LogP contribution in [-0.4, -0.2) is 20.2 Å². The van der Waals surface area contributed by atoms with Crippen LogP contribution >= 0.6 is 0 Å². The average molecular weight is 340 g/mol. The van der Waals surface area contributed by atoms with E-state index < -0.39 is 28.0 Å². The largest absolute Gasteiger partial charge is 0.433 e. The van der Waals surface area contributed by atoms with Crippen molar-refractivity contribution < 1.29 is 14.5 Å². The molecule has 0 radical (unpaired) electrons. The zero-order valence-corrected chi connectivity index (χ0v) is 13.0. The summed E-state index contributed by atoms with van der Waals surface area (Å²) in [5.41, 5.74) is 4.52. The lowest BCUT2D eigenvalue weighted by atomic mass is 10.1. The van der Waals surface area contributed by atoms with Crippen LogP contribution in [0.1, 0.15) is 15.9 Å². The molecule has 0 fully saturated rings. The Bertz CT molecular complexity index is 1070. The second-order valence-electron chi connectivity index (χ2n) is 5.20. The van der Waals surface area contributed by atoms with Crippen LogP contribution < -0.4 is 16.0 Å². The lowest BCUT2D eigenvalue weighted by Gasteiger charge is -2.10. The van der Waals surface area contributed by atoms with Crippen LogP contribution in [0.25, 0.3) is 5.65 Å². The standard InChI is InChI=1S/C16H12N4O5/c1-9-5-6-10(14(17)21)8-11(9)25-15-13(20(23)24)16(22)19-7-3-2-4-12(19)18-15/h2-8H,1H3,(H2,17,21). The summed E-state index contributed by atoms with van der Waals surface area (Å²) < 4.78 is 6.56. The summed E-state index contributed by atoms with van der Waals surface area (Å²) in [6.07, 6.45) is 1.38. The number of aryl methyl sites for hydroxylation is 1. The molecule has 25 heavy (non-hydrogen) atoms. The van der Waals surface area contributed by atoms with E-state index in [1.54, 1.807) is 25.1 Å². The van der Waals surface area contributed by atoms with Crippen molar-refractivity contribution in [3.63, 3.8) is 0 Å². The molecular weight excluding hydrogens is 328 g/mol. The van der Waals surface area contributed by atoms with Gasteiger partial charge in [-0.3, -0.25) is 24.1 Å². The number of nitrogens with two attached hydrogens (primary N) is 1. The van der Waals surface area contributed by atoms with Crippen LogP contribution in [0, 0.1) is 17.0 Å². The molecule has 2 N–H and O–H groups in total. The smallest absolute Gasteiger partial charge is 0.396 e. The summed E-state index contributed by atoms with van der Waals surface area (Å²) >= 11 is 0. The molecule has 126 valence electrons. The predicted molar refractivity (Wildman–Crippen MR) is 87.9 cm³/mol. The van der Waals surface area contributed by atoms with E-state index in [1.807, 2.05) is 0 Å². The van der Waals surface area contributed by atoms with Gasteiger partial charge in [0.25, 0.3) is 0 Å². The third-order valence-electron chi connectivity index (χ3n) is 3.54. The van der Waals surface area contributed by atoms with Crippen LogP contribution in [0.5, 0.6) is 11.6 Å². The monoisotopic (exact) mass is 340 g/mol. The lowest BCUT2D eigenvalue weighted by Crippen LogP contribution is -2.19. The fourth-order valence-corrected chi connectivity index (χ4v) is 2.25. The van der Waals surface area contributed by atoms with Gasteiger partial charge >= 0.3 is 17.1 Å². The van der Waals surface area contributed by atoms with E-state index in [-0.39, 0.29) is 17.0 Å². The van der Waals surface area contributed by atoms with Gasteiger partial charge in [-0.15, -0.1) is 0 Å². The summed E-state index contributed by atoms with van der Waals surface area (Å²) in [6.45, 7) is 1.68. The molecule has 2 heterocycles. The number of fused-ring (bicyclic) bond motifs is 1. The molecular formula is C16H12N4O5. The summed E-state index contributed by atoms with van der Waals surface area (Å²) in [7, 11) is 0. The number of aromatic nitrogens is 2. The van der Waals surface area contributed by atoms with Crippen molar-refractivity contribution in [1.29, 1.82) is 0 Å². The molecule has 9 heteroatoms. The second-order valence-corrected chi connectivity index (χ2v) is 5.20. The first kappa shape index (κ1) is 16.1. The Morgan fingerprint density at radius 3 is 2.76 bits per heavy atom. The number of carbonyl (C=O) groups is 1. The summed E-state index contributed by atoms with van der Waals surface area (Å²) in [5.74, 6) is -0.983. The van der Waals surface area contributed by atoms with Gasteiger partial charge in [0.15, 0.2) is 0 Å². The molecule has 0 aliphatic carbocycles. The van der Waals surface area contributed by atoms with E-state index in [9.17, 15) is 19.7 Å². The second kappa shape index (κ2) is 6.04.